The fourth-order valence-electron chi connectivity index (χ4n) is 2.75. The van der Waals surface area contributed by atoms with Crippen molar-refractivity contribution in [1.82, 2.24) is 19.5 Å². The minimum absolute atomic E-state index is 0.0418. The second-order valence-corrected chi connectivity index (χ2v) is 5.14. The van der Waals surface area contributed by atoms with Gasteiger partial charge in [-0.25, -0.2) is 4.98 Å². The molecule has 0 fully saturated rings. The maximum Gasteiger partial charge on any atom is 0.156 e. The molecule has 0 amide bonds. The summed E-state index contributed by atoms with van der Waals surface area (Å²) >= 11 is 0. The monoisotopic (exact) mass is 278 g/mol. The lowest BCUT2D eigenvalue weighted by Gasteiger charge is -2.00. The zero-order valence-electron chi connectivity index (χ0n) is 11.5. The molecule has 1 aromatic carbocycles. The Labute approximate surface area is 120 Å². The molecular weight excluding hydrogens is 264 g/mol. The van der Waals surface area contributed by atoms with E-state index in [1.807, 2.05) is 31.3 Å². The number of hydrogen-bond donors (Lipinski definition) is 2. The van der Waals surface area contributed by atoms with Crippen molar-refractivity contribution in [3.8, 4) is 11.3 Å². The lowest BCUT2D eigenvalue weighted by atomic mass is 10.1. The number of H-pyrrole nitrogens is 1. The predicted octanol–water partition coefficient (Wildman–Crippen LogP) is 2.61. The van der Waals surface area contributed by atoms with Gasteiger partial charge >= 0.3 is 0 Å². The van der Waals surface area contributed by atoms with Crippen LogP contribution in [-0.2, 0) is 13.7 Å². The first kappa shape index (κ1) is 12.1. The smallest absolute Gasteiger partial charge is 0.156 e. The third-order valence-electron chi connectivity index (χ3n) is 3.79. The van der Waals surface area contributed by atoms with Crippen LogP contribution in [0.15, 0.2) is 42.9 Å². The molecule has 0 aliphatic carbocycles. The average molecular weight is 278 g/mol. The van der Waals surface area contributed by atoms with E-state index in [2.05, 4.69) is 25.7 Å². The van der Waals surface area contributed by atoms with Crippen LogP contribution < -0.4 is 0 Å². The number of fused-ring (bicyclic) bond motifs is 2. The van der Waals surface area contributed by atoms with Crippen molar-refractivity contribution >= 4 is 22.1 Å². The lowest BCUT2D eigenvalue weighted by Crippen LogP contribution is -1.85. The first-order valence-electron chi connectivity index (χ1n) is 6.75. The van der Waals surface area contributed by atoms with E-state index in [1.165, 1.54) is 0 Å². The third-order valence-corrected chi connectivity index (χ3v) is 3.79. The molecule has 0 aliphatic rings. The largest absolute Gasteiger partial charge is 0.392 e. The van der Waals surface area contributed by atoms with Gasteiger partial charge in [-0.3, -0.25) is 4.98 Å². The van der Waals surface area contributed by atoms with Crippen molar-refractivity contribution in [2.24, 2.45) is 7.05 Å². The van der Waals surface area contributed by atoms with Crippen LogP contribution in [-0.4, -0.2) is 24.6 Å². The van der Waals surface area contributed by atoms with Gasteiger partial charge < -0.3 is 14.7 Å². The Hall–Kier alpha value is -2.66. The normalized spacial score (nSPS) is 11.5. The van der Waals surface area contributed by atoms with Crippen molar-refractivity contribution in [3.63, 3.8) is 0 Å². The summed E-state index contributed by atoms with van der Waals surface area (Å²) in [4.78, 5) is 11.9. The molecule has 4 rings (SSSR count). The van der Waals surface area contributed by atoms with E-state index < -0.39 is 0 Å². The van der Waals surface area contributed by atoms with Crippen molar-refractivity contribution in [3.05, 3.63) is 48.4 Å². The molecule has 0 saturated heterocycles. The Morgan fingerprint density at radius 3 is 2.86 bits per heavy atom. The fraction of sp³-hybridized carbons (Fsp3) is 0.125. The fourth-order valence-corrected chi connectivity index (χ4v) is 2.75. The molecule has 2 N–H and O–H groups in total. The highest BCUT2D eigenvalue weighted by Crippen LogP contribution is 2.31. The standard InChI is InChI=1S/C16H14N4O/c1-20-8-12(11-6-10(9-21)2-3-15(11)20)13-7-14-16(19-13)18-5-4-17-14/h2-8,21H,9H2,1H3,(H,18,19). The van der Waals surface area contributed by atoms with Gasteiger partial charge in [-0.2, -0.15) is 0 Å². The number of hydrogen-bond acceptors (Lipinski definition) is 3. The van der Waals surface area contributed by atoms with E-state index in [-0.39, 0.29) is 6.61 Å². The Bertz CT molecular complexity index is 918. The van der Waals surface area contributed by atoms with Crippen molar-refractivity contribution in [1.29, 1.82) is 0 Å². The zero-order valence-corrected chi connectivity index (χ0v) is 11.5. The van der Waals surface area contributed by atoms with E-state index in [0.717, 1.165) is 38.9 Å². The number of benzene rings is 1. The van der Waals surface area contributed by atoms with Crippen LogP contribution >= 0.6 is 0 Å². The molecule has 0 aliphatic heterocycles. The molecule has 0 unspecified atom stereocenters. The molecule has 3 aromatic heterocycles. The van der Waals surface area contributed by atoms with Crippen LogP contribution in [0.1, 0.15) is 5.56 Å². The summed E-state index contributed by atoms with van der Waals surface area (Å²) < 4.78 is 2.08. The van der Waals surface area contributed by atoms with Gasteiger partial charge in [0, 0.05) is 42.1 Å². The number of aliphatic hydroxyl groups is 1. The summed E-state index contributed by atoms with van der Waals surface area (Å²) in [5.41, 5.74) is 5.73. The second kappa shape index (κ2) is 4.43. The Kier molecular flexibility index (Phi) is 2.55. The van der Waals surface area contributed by atoms with E-state index in [0.29, 0.717) is 0 Å². The highest BCUT2D eigenvalue weighted by Gasteiger charge is 2.12. The van der Waals surface area contributed by atoms with Gasteiger partial charge in [0.05, 0.1) is 12.3 Å². The minimum atomic E-state index is 0.0418. The number of aryl methyl sites for hydroxylation is 1. The van der Waals surface area contributed by atoms with E-state index in [4.69, 9.17) is 0 Å². The molecule has 0 radical (unpaired) electrons. The lowest BCUT2D eigenvalue weighted by molar-refractivity contribution is 0.282. The van der Waals surface area contributed by atoms with E-state index >= 15 is 0 Å². The summed E-state index contributed by atoms with van der Waals surface area (Å²) in [6, 6.07) is 8.00. The molecule has 5 heteroatoms. The third kappa shape index (κ3) is 1.82. The number of nitrogens with zero attached hydrogens (tertiary/aromatic N) is 3. The first-order valence-corrected chi connectivity index (χ1v) is 6.75. The van der Waals surface area contributed by atoms with Crippen LogP contribution in [0, 0.1) is 0 Å². The molecule has 3 heterocycles. The summed E-state index contributed by atoms with van der Waals surface area (Å²) in [5.74, 6) is 0. The SMILES string of the molecule is Cn1cc(-c2cc3nccnc3[nH]2)c2cc(CO)ccc21. The Balaban J connectivity index is 2.00. The van der Waals surface area contributed by atoms with Crippen LogP contribution in [0.3, 0.4) is 0 Å². The molecule has 0 bridgehead atoms. The summed E-state index contributed by atoms with van der Waals surface area (Å²) in [6.45, 7) is 0.0418. The van der Waals surface area contributed by atoms with E-state index in [9.17, 15) is 5.11 Å². The molecule has 104 valence electrons. The maximum absolute atomic E-state index is 9.35. The van der Waals surface area contributed by atoms with Gasteiger partial charge in [-0.05, 0) is 23.8 Å². The molecule has 0 saturated carbocycles. The van der Waals surface area contributed by atoms with Gasteiger partial charge in [0.15, 0.2) is 5.65 Å². The highest BCUT2D eigenvalue weighted by molar-refractivity contribution is 5.97. The highest BCUT2D eigenvalue weighted by atomic mass is 16.3. The predicted molar refractivity (Wildman–Crippen MR) is 81.7 cm³/mol. The number of nitrogens with one attached hydrogen (secondary N) is 1. The molecule has 4 aromatic rings. The topological polar surface area (TPSA) is 66.7 Å². The average Bonchev–Trinajstić information content (AvgIpc) is 3.08. The summed E-state index contributed by atoms with van der Waals surface area (Å²) in [6.07, 6.45) is 5.44. The number of aromatic amines is 1. The quantitative estimate of drug-likeness (QED) is 0.592. The van der Waals surface area contributed by atoms with Crippen LogP contribution in [0.4, 0.5) is 0 Å². The maximum atomic E-state index is 9.35. The summed E-state index contributed by atoms with van der Waals surface area (Å²) in [7, 11) is 2.02. The second-order valence-electron chi connectivity index (χ2n) is 5.14. The van der Waals surface area contributed by atoms with Gasteiger partial charge in [-0.15, -0.1) is 0 Å². The van der Waals surface area contributed by atoms with Gasteiger partial charge in [0.25, 0.3) is 0 Å². The molecule has 0 spiro atoms. The van der Waals surface area contributed by atoms with Crippen LogP contribution in [0.5, 0.6) is 0 Å². The van der Waals surface area contributed by atoms with E-state index in [1.54, 1.807) is 12.4 Å². The first-order chi connectivity index (χ1) is 10.3. The van der Waals surface area contributed by atoms with Crippen molar-refractivity contribution in [2.75, 3.05) is 0 Å². The van der Waals surface area contributed by atoms with Crippen molar-refractivity contribution < 1.29 is 5.11 Å². The van der Waals surface area contributed by atoms with Crippen LogP contribution in [0.2, 0.25) is 0 Å². The Morgan fingerprint density at radius 1 is 1.19 bits per heavy atom. The van der Waals surface area contributed by atoms with Crippen LogP contribution in [0.25, 0.3) is 33.3 Å². The van der Waals surface area contributed by atoms with Gasteiger partial charge in [0.2, 0.25) is 0 Å². The number of aromatic nitrogens is 4. The molecule has 21 heavy (non-hydrogen) atoms. The number of aliphatic hydroxyl groups excluding tert-OH is 1. The molecule has 5 nitrogen and oxygen atoms in total. The van der Waals surface area contributed by atoms with Gasteiger partial charge in [0.1, 0.15) is 5.52 Å². The van der Waals surface area contributed by atoms with Gasteiger partial charge in [-0.1, -0.05) is 6.07 Å². The molecular formula is C16H14N4O. The van der Waals surface area contributed by atoms with Crippen molar-refractivity contribution in [2.45, 2.75) is 6.61 Å². The minimum Gasteiger partial charge on any atom is -0.392 e. The number of rotatable bonds is 2. The Morgan fingerprint density at radius 2 is 2.05 bits per heavy atom. The zero-order chi connectivity index (χ0) is 14.4. The molecule has 0 atom stereocenters. The summed E-state index contributed by atoms with van der Waals surface area (Å²) in [5, 5.41) is 10.5.